The number of amides is 1. The Labute approximate surface area is 120 Å². The predicted molar refractivity (Wildman–Crippen MR) is 74.3 cm³/mol. The van der Waals surface area contributed by atoms with Crippen LogP contribution in [0.15, 0.2) is 18.2 Å². The number of benzene rings is 1. The summed E-state index contributed by atoms with van der Waals surface area (Å²) < 4.78 is 9.95. The maximum absolute atomic E-state index is 11.7. The Balaban J connectivity index is 1.69. The smallest absolute Gasteiger partial charge is 0.407 e. The first kappa shape index (κ1) is 12.3. The molecule has 0 aliphatic carbocycles. The van der Waals surface area contributed by atoms with Crippen molar-refractivity contribution in [3.05, 3.63) is 35.0 Å². The number of esters is 1. The van der Waals surface area contributed by atoms with E-state index in [1.54, 1.807) is 0 Å². The van der Waals surface area contributed by atoms with Gasteiger partial charge in [0.25, 0.3) is 0 Å². The molecule has 0 saturated carbocycles. The average molecular weight is 286 g/mol. The highest BCUT2D eigenvalue weighted by Crippen LogP contribution is 2.27. The second-order valence-corrected chi connectivity index (χ2v) is 5.39. The Kier molecular flexibility index (Phi) is 2.63. The minimum Gasteiger partial charge on any atom is -0.461 e. The molecule has 1 amide bonds. The highest BCUT2D eigenvalue weighted by molar-refractivity contribution is 5.99. The predicted octanol–water partition coefficient (Wildman–Crippen LogP) is 1.53. The molecule has 0 spiro atoms. The number of carbonyl (C=O) groups is 2. The summed E-state index contributed by atoms with van der Waals surface area (Å²) >= 11 is 0. The van der Waals surface area contributed by atoms with Gasteiger partial charge >= 0.3 is 12.1 Å². The second kappa shape index (κ2) is 4.51. The molecule has 0 bridgehead atoms. The van der Waals surface area contributed by atoms with Gasteiger partial charge in [-0.1, -0.05) is 6.07 Å². The van der Waals surface area contributed by atoms with Gasteiger partial charge < -0.3 is 19.8 Å². The van der Waals surface area contributed by atoms with Gasteiger partial charge in [0.1, 0.15) is 12.3 Å². The zero-order chi connectivity index (χ0) is 14.4. The lowest BCUT2D eigenvalue weighted by Gasteiger charge is -2.11. The first-order valence-electron chi connectivity index (χ1n) is 6.94. The maximum Gasteiger partial charge on any atom is 0.407 e. The zero-order valence-electron chi connectivity index (χ0n) is 11.3. The lowest BCUT2D eigenvalue weighted by molar-refractivity contribution is 0.0474. The third-order valence-electron chi connectivity index (χ3n) is 3.98. The van der Waals surface area contributed by atoms with E-state index in [9.17, 15) is 9.59 Å². The number of fused-ring (bicyclic) bond motifs is 3. The van der Waals surface area contributed by atoms with Crippen molar-refractivity contribution >= 4 is 23.0 Å². The number of nitrogens with one attached hydrogen (secondary N) is 2. The molecule has 1 aromatic carbocycles. The molecule has 108 valence electrons. The molecule has 0 radical (unpaired) electrons. The van der Waals surface area contributed by atoms with Crippen LogP contribution in [0, 0.1) is 0 Å². The molecule has 2 aliphatic rings. The van der Waals surface area contributed by atoms with Crippen LogP contribution in [0.5, 0.6) is 0 Å². The molecule has 4 rings (SSSR count). The Morgan fingerprint density at radius 1 is 1.24 bits per heavy atom. The quantitative estimate of drug-likeness (QED) is 0.820. The van der Waals surface area contributed by atoms with Gasteiger partial charge in [0.2, 0.25) is 0 Å². The van der Waals surface area contributed by atoms with Crippen molar-refractivity contribution in [3.63, 3.8) is 0 Å². The lowest BCUT2D eigenvalue weighted by Crippen LogP contribution is -2.28. The number of cyclic esters (lactones) is 2. The van der Waals surface area contributed by atoms with Gasteiger partial charge in [-0.15, -0.1) is 0 Å². The van der Waals surface area contributed by atoms with E-state index in [-0.39, 0.29) is 18.1 Å². The SMILES string of the molecule is O=C1NC(Cc2ccc3[nH]c4c(c3c2)CCOC4=O)CO1. The Hall–Kier alpha value is -2.50. The van der Waals surface area contributed by atoms with E-state index in [2.05, 4.69) is 16.4 Å². The fourth-order valence-electron chi connectivity index (χ4n) is 2.99. The molecule has 1 unspecified atom stereocenters. The topological polar surface area (TPSA) is 80.4 Å². The molecule has 1 saturated heterocycles. The monoisotopic (exact) mass is 286 g/mol. The highest BCUT2D eigenvalue weighted by Gasteiger charge is 2.25. The molecule has 2 aliphatic heterocycles. The van der Waals surface area contributed by atoms with Gasteiger partial charge in [-0.25, -0.2) is 9.59 Å². The molecule has 2 aromatic rings. The van der Waals surface area contributed by atoms with Crippen molar-refractivity contribution in [2.45, 2.75) is 18.9 Å². The number of hydrogen-bond acceptors (Lipinski definition) is 4. The van der Waals surface area contributed by atoms with Gasteiger partial charge in [0.05, 0.1) is 12.6 Å². The van der Waals surface area contributed by atoms with Gasteiger partial charge in [0, 0.05) is 17.3 Å². The van der Waals surface area contributed by atoms with Crippen LogP contribution < -0.4 is 5.32 Å². The standard InChI is InChI=1S/C15H14N2O4/c18-14-13-10(3-4-20-14)11-6-8(1-2-12(11)17-13)5-9-7-21-15(19)16-9/h1-2,6,9,17H,3-5,7H2,(H,16,19). The van der Waals surface area contributed by atoms with Gasteiger partial charge in [-0.05, 0) is 29.7 Å². The van der Waals surface area contributed by atoms with Crippen LogP contribution in [-0.4, -0.2) is 36.3 Å². The summed E-state index contributed by atoms with van der Waals surface area (Å²) in [5, 5.41) is 3.83. The lowest BCUT2D eigenvalue weighted by atomic mass is 10.0. The number of carbonyl (C=O) groups excluding carboxylic acids is 2. The molecule has 1 aromatic heterocycles. The Morgan fingerprint density at radius 3 is 2.95 bits per heavy atom. The first-order valence-corrected chi connectivity index (χ1v) is 6.94. The Morgan fingerprint density at radius 2 is 2.14 bits per heavy atom. The van der Waals surface area contributed by atoms with Crippen LogP contribution in [-0.2, 0) is 22.3 Å². The summed E-state index contributed by atoms with van der Waals surface area (Å²) in [5.74, 6) is -0.287. The average Bonchev–Trinajstić information content (AvgIpc) is 3.04. The van der Waals surface area contributed by atoms with Crippen molar-refractivity contribution in [3.8, 4) is 0 Å². The normalized spacial score (nSPS) is 20.9. The van der Waals surface area contributed by atoms with Gasteiger partial charge in [0.15, 0.2) is 0 Å². The number of hydrogen-bond donors (Lipinski definition) is 2. The molecule has 2 N–H and O–H groups in total. The fraction of sp³-hybridized carbons (Fsp3) is 0.333. The number of ether oxygens (including phenoxy) is 2. The van der Waals surface area contributed by atoms with E-state index in [1.165, 1.54) is 0 Å². The molecule has 6 nitrogen and oxygen atoms in total. The number of alkyl carbamates (subject to hydrolysis) is 1. The molecule has 1 atom stereocenters. The largest absolute Gasteiger partial charge is 0.461 e. The zero-order valence-corrected chi connectivity index (χ0v) is 11.3. The summed E-state index contributed by atoms with van der Waals surface area (Å²) in [6.45, 7) is 0.823. The highest BCUT2D eigenvalue weighted by atomic mass is 16.6. The summed E-state index contributed by atoms with van der Waals surface area (Å²) in [5.41, 5.74) is 3.63. The van der Waals surface area contributed by atoms with Gasteiger partial charge in [-0.2, -0.15) is 0 Å². The van der Waals surface area contributed by atoms with E-state index in [1.807, 2.05) is 12.1 Å². The number of aromatic amines is 1. The van der Waals surface area contributed by atoms with E-state index in [4.69, 9.17) is 9.47 Å². The van der Waals surface area contributed by atoms with Crippen LogP contribution in [0.3, 0.4) is 0 Å². The van der Waals surface area contributed by atoms with E-state index < -0.39 is 0 Å². The first-order chi connectivity index (χ1) is 10.2. The van der Waals surface area contributed by atoms with E-state index in [0.717, 1.165) is 28.5 Å². The second-order valence-electron chi connectivity index (χ2n) is 5.39. The number of H-pyrrole nitrogens is 1. The fourth-order valence-corrected chi connectivity index (χ4v) is 2.99. The van der Waals surface area contributed by atoms with Crippen molar-refractivity contribution in [1.82, 2.24) is 10.3 Å². The minimum absolute atomic E-state index is 0.00897. The summed E-state index contributed by atoms with van der Waals surface area (Å²) in [6.07, 6.45) is 1.09. The summed E-state index contributed by atoms with van der Waals surface area (Å²) in [4.78, 5) is 25.9. The maximum atomic E-state index is 11.7. The van der Waals surface area contributed by atoms with Crippen LogP contribution in [0.25, 0.3) is 10.9 Å². The van der Waals surface area contributed by atoms with Crippen molar-refractivity contribution in [2.24, 2.45) is 0 Å². The minimum atomic E-state index is -0.358. The van der Waals surface area contributed by atoms with Crippen molar-refractivity contribution in [2.75, 3.05) is 13.2 Å². The van der Waals surface area contributed by atoms with Crippen LogP contribution in [0.2, 0.25) is 0 Å². The Bertz CT molecular complexity index is 749. The number of rotatable bonds is 2. The molecular formula is C15H14N2O4. The van der Waals surface area contributed by atoms with Crippen molar-refractivity contribution < 1.29 is 19.1 Å². The molecule has 21 heavy (non-hydrogen) atoms. The van der Waals surface area contributed by atoms with Crippen LogP contribution in [0.4, 0.5) is 4.79 Å². The molecular weight excluding hydrogens is 272 g/mol. The third kappa shape index (κ3) is 2.03. The van der Waals surface area contributed by atoms with Crippen molar-refractivity contribution in [1.29, 1.82) is 0 Å². The number of aromatic nitrogens is 1. The van der Waals surface area contributed by atoms with Crippen LogP contribution >= 0.6 is 0 Å². The van der Waals surface area contributed by atoms with E-state index in [0.29, 0.717) is 25.3 Å². The summed E-state index contributed by atoms with van der Waals surface area (Å²) in [6, 6.07) is 6.05. The third-order valence-corrected chi connectivity index (χ3v) is 3.98. The van der Waals surface area contributed by atoms with Gasteiger partial charge in [-0.3, -0.25) is 0 Å². The molecule has 3 heterocycles. The molecule has 6 heteroatoms. The van der Waals surface area contributed by atoms with Crippen LogP contribution in [0.1, 0.15) is 21.6 Å². The summed E-state index contributed by atoms with van der Waals surface area (Å²) in [7, 11) is 0. The molecule has 1 fully saturated rings. The van der Waals surface area contributed by atoms with E-state index >= 15 is 0 Å².